The van der Waals surface area contributed by atoms with Crippen LogP contribution in [0.4, 0.5) is 30.8 Å². The first-order valence-corrected chi connectivity index (χ1v) is 36.3. The molecule has 0 unspecified atom stereocenters. The highest BCUT2D eigenvalue weighted by molar-refractivity contribution is 9.10. The molecule has 8 atom stereocenters. The molecule has 106 heavy (non-hydrogen) atoms. The van der Waals surface area contributed by atoms with E-state index in [4.69, 9.17) is 61.4 Å². The van der Waals surface area contributed by atoms with E-state index in [1.54, 1.807) is 143 Å². The Bertz CT molecular complexity index is 4770. The van der Waals surface area contributed by atoms with E-state index in [9.17, 15) is 27.6 Å². The van der Waals surface area contributed by atoms with Crippen molar-refractivity contribution in [3.63, 3.8) is 0 Å². The standard InChI is InChI=1S/C32H37BrN6O8.C30H39N5O10S.C9H6BrNO.CH4/c1-30(2,3)46-28(40)39(29(41)47-31(4,5)6)26-22-25(35-15-36-26)38(16-37-22)27-24-23(44-32(7,8)45-24)21(43-27)14-42-19-10-9-17-11-18(33)13-34-20(17)12-19;1-17-10-12-18(13-11-17)46(38,39)40-14-19-21-22(43-30(8,9)42-21)25(41-19)34-16-33-20-23(34)31-15-32-24(20)35(26(36)44-28(2,3)4)27(37)45-29(5,6)7;10-7-3-6-1-2-8(12)4-9(6)11-5-7;/h9-13,15-16,21,23-24,27H,14H2,1-8H3;10-13,15-16,19,21-22,25H,14H2,1-9H3;1-5,12H;1H4/t21-,23-,24-,27-;19-,21-,22-,25-;;/m11../s1. The summed E-state index contributed by atoms with van der Waals surface area (Å²) in [6, 6.07) is 21.0. The average Bonchev–Trinajstić information content (AvgIpc) is 1.59. The number of carbonyl (C=O) groups is 4. The van der Waals surface area contributed by atoms with E-state index >= 15 is 0 Å². The van der Waals surface area contributed by atoms with E-state index in [-0.39, 0.29) is 65.2 Å². The van der Waals surface area contributed by atoms with Crippen molar-refractivity contribution in [1.29, 1.82) is 0 Å². The van der Waals surface area contributed by atoms with E-state index in [0.29, 0.717) is 10.6 Å². The second-order valence-corrected chi connectivity index (χ2v) is 33.2. The lowest BCUT2D eigenvalue weighted by atomic mass is 10.1. The Morgan fingerprint density at radius 1 is 0.528 bits per heavy atom. The van der Waals surface area contributed by atoms with Gasteiger partial charge in [-0.05, 0) is 198 Å². The third-order valence-corrected chi connectivity index (χ3v) is 17.7. The van der Waals surface area contributed by atoms with Crippen molar-refractivity contribution in [2.24, 2.45) is 0 Å². The van der Waals surface area contributed by atoms with E-state index in [2.05, 4.69) is 71.7 Å². The number of hydrogen-bond donors (Lipinski definition) is 1. The van der Waals surface area contributed by atoms with Gasteiger partial charge >= 0.3 is 24.4 Å². The van der Waals surface area contributed by atoms with Gasteiger partial charge in [0.2, 0.25) is 0 Å². The molecule has 4 fully saturated rings. The summed E-state index contributed by atoms with van der Waals surface area (Å²) in [6.07, 6.45) is -0.778. The number of halogens is 2. The molecule has 0 radical (unpaired) electrons. The number of hydrogen-bond acceptors (Lipinski definition) is 27. The molecular weight excluding hydrogens is 1530 g/mol. The molecule has 4 amide bonds. The number of imidazole rings is 2. The zero-order valence-electron chi connectivity index (χ0n) is 60.8. The van der Waals surface area contributed by atoms with Crippen LogP contribution in [-0.2, 0) is 61.7 Å². The van der Waals surface area contributed by atoms with Crippen molar-refractivity contribution in [1.82, 2.24) is 49.0 Å². The van der Waals surface area contributed by atoms with Crippen molar-refractivity contribution in [2.45, 2.75) is 213 Å². The minimum Gasteiger partial charge on any atom is -0.508 e. The van der Waals surface area contributed by atoms with E-state index in [1.807, 2.05) is 57.2 Å². The summed E-state index contributed by atoms with van der Waals surface area (Å²) in [6.45, 7) is 28.9. The molecule has 4 saturated heterocycles. The Morgan fingerprint density at radius 3 is 1.35 bits per heavy atom. The predicted octanol–water partition coefficient (Wildman–Crippen LogP) is 14.3. The molecule has 13 rings (SSSR count). The van der Waals surface area contributed by atoms with Gasteiger partial charge in [0.15, 0.2) is 58.0 Å². The molecule has 4 aliphatic rings. The van der Waals surface area contributed by atoms with Crippen LogP contribution in [0.2, 0.25) is 0 Å². The number of anilines is 2. The number of aromatic hydroxyl groups is 1. The van der Waals surface area contributed by atoms with Crippen molar-refractivity contribution in [3.05, 3.63) is 125 Å². The van der Waals surface area contributed by atoms with Gasteiger partial charge in [0, 0.05) is 44.2 Å². The highest BCUT2D eigenvalue weighted by Crippen LogP contribution is 2.47. The van der Waals surface area contributed by atoms with Gasteiger partial charge in [-0.15, -0.1) is 0 Å². The number of imide groups is 2. The topological polar surface area (TPSA) is 353 Å². The van der Waals surface area contributed by atoms with Gasteiger partial charge in [-0.1, -0.05) is 25.1 Å². The van der Waals surface area contributed by atoms with Gasteiger partial charge < -0.3 is 57.2 Å². The van der Waals surface area contributed by atoms with Crippen LogP contribution in [0, 0.1) is 6.92 Å². The number of amides is 4. The molecule has 568 valence electrons. The number of phenols is 1. The molecular formula is C72H86Br2N12O19S. The smallest absolute Gasteiger partial charge is 0.425 e. The highest BCUT2D eigenvalue weighted by atomic mass is 79.9. The van der Waals surface area contributed by atoms with Gasteiger partial charge in [0.1, 0.15) is 89.8 Å². The molecule has 0 saturated carbocycles. The van der Waals surface area contributed by atoms with E-state index in [0.717, 1.165) is 47.5 Å². The molecule has 34 heteroatoms. The van der Waals surface area contributed by atoms with Crippen LogP contribution >= 0.6 is 31.9 Å². The summed E-state index contributed by atoms with van der Waals surface area (Å²) in [7, 11) is -4.09. The largest absolute Gasteiger partial charge is 0.508 e. The number of nitrogens with zero attached hydrogens (tertiary/aromatic N) is 12. The van der Waals surface area contributed by atoms with Gasteiger partial charge in [0.05, 0.1) is 35.2 Å². The molecule has 6 aromatic heterocycles. The van der Waals surface area contributed by atoms with Crippen LogP contribution < -0.4 is 14.5 Å². The number of carbonyl (C=O) groups excluding carboxylic acids is 4. The van der Waals surface area contributed by atoms with Gasteiger partial charge in [0.25, 0.3) is 10.1 Å². The van der Waals surface area contributed by atoms with E-state index in [1.165, 1.54) is 31.1 Å². The quantitative estimate of drug-likeness (QED) is 0.0928. The van der Waals surface area contributed by atoms with Gasteiger partial charge in [-0.2, -0.15) is 18.2 Å². The first-order valence-electron chi connectivity index (χ1n) is 33.3. The molecule has 0 spiro atoms. The SMILES string of the molecule is C.CC(C)(C)OC(=O)N(C(=O)OC(C)(C)C)c1ncnc2c1ncn2[C@@H]1O[C@H](COc2ccc3cc(Br)cnc3c2)[C@H]2OC(C)(C)O[C@H]21.Cc1ccc(S(=O)(=O)OC[C@H]2O[C@@H](n3cnc4c(N(C(=O)OC(C)(C)C)C(=O)OC(C)(C)C)ncnc43)[C@@H]3OC(C)(C)O[C@@H]32)cc1.Oc1ccc2cc(Br)cnc2c1. The van der Waals surface area contributed by atoms with Crippen molar-refractivity contribution in [2.75, 3.05) is 23.0 Å². The Hall–Kier alpha value is -8.71. The molecule has 0 aliphatic carbocycles. The maximum atomic E-state index is 13.4. The fourth-order valence-electron chi connectivity index (χ4n) is 11.5. The normalized spacial score (nSPS) is 21.0. The maximum absolute atomic E-state index is 13.4. The first kappa shape index (κ1) is 79.8. The monoisotopic (exact) mass is 1610 g/mol. The Labute approximate surface area is 629 Å². The lowest BCUT2D eigenvalue weighted by Crippen LogP contribution is -2.44. The van der Waals surface area contributed by atoms with Crippen LogP contribution in [0.1, 0.15) is 136 Å². The fraction of sp³-hybridized carbons (Fsp3) is 0.472. The lowest BCUT2D eigenvalue weighted by Gasteiger charge is -2.28. The molecule has 4 aliphatic heterocycles. The number of aromatic nitrogens is 10. The number of phenolic OH excluding ortho intramolecular Hbond substituents is 1. The molecule has 1 N–H and O–H groups in total. The Kier molecular flexibility index (Phi) is 23.0. The van der Waals surface area contributed by atoms with Gasteiger partial charge in [-0.25, -0.2) is 49.1 Å². The maximum Gasteiger partial charge on any atom is 0.425 e. The number of benzene rings is 3. The summed E-state index contributed by atoms with van der Waals surface area (Å²) >= 11 is 6.77. The number of rotatable bonds is 11. The third-order valence-electron chi connectivity index (χ3n) is 15.6. The molecule has 31 nitrogen and oxygen atoms in total. The second-order valence-electron chi connectivity index (χ2n) is 29.8. The van der Waals surface area contributed by atoms with Gasteiger partial charge in [-0.3, -0.25) is 23.3 Å². The Morgan fingerprint density at radius 2 is 0.925 bits per heavy atom. The lowest BCUT2D eigenvalue weighted by molar-refractivity contribution is -0.199. The predicted molar refractivity (Wildman–Crippen MR) is 393 cm³/mol. The number of pyridine rings is 2. The molecule has 0 bridgehead atoms. The summed E-state index contributed by atoms with van der Waals surface area (Å²) in [5.41, 5.74) is -0.483. The van der Waals surface area contributed by atoms with Crippen LogP contribution in [0.25, 0.3) is 44.1 Å². The zero-order valence-corrected chi connectivity index (χ0v) is 64.7. The zero-order chi connectivity index (χ0) is 76.3. The van der Waals surface area contributed by atoms with Crippen molar-refractivity contribution >= 4 is 122 Å². The molecule has 9 aromatic rings. The second kappa shape index (κ2) is 30.5. The summed E-state index contributed by atoms with van der Waals surface area (Å²) in [5, 5.41) is 11.1. The van der Waals surface area contributed by atoms with Crippen LogP contribution in [0.3, 0.4) is 0 Å². The van der Waals surface area contributed by atoms with Crippen LogP contribution in [0.15, 0.2) is 124 Å². The number of fused-ring (bicyclic) bond motifs is 6. The molecule has 10 heterocycles. The van der Waals surface area contributed by atoms with E-state index < -0.39 is 118 Å². The summed E-state index contributed by atoms with van der Waals surface area (Å²) in [4.78, 5) is 89.5. The fourth-order valence-corrected chi connectivity index (χ4v) is 13.1. The molecule has 3 aromatic carbocycles. The highest BCUT2D eigenvalue weighted by Gasteiger charge is 2.58. The number of ether oxygens (including phenoxy) is 11. The summed E-state index contributed by atoms with van der Waals surface area (Å²) in [5.74, 6) is -1.31. The Balaban J connectivity index is 0.000000194. The third kappa shape index (κ3) is 18.8. The number of aryl methyl sites for hydroxylation is 1. The van der Waals surface area contributed by atoms with Crippen molar-refractivity contribution < 1.29 is 89.0 Å². The minimum atomic E-state index is -4.09. The van der Waals surface area contributed by atoms with Crippen molar-refractivity contribution in [3.8, 4) is 11.5 Å². The average molecular weight is 1620 g/mol. The van der Waals surface area contributed by atoms with Crippen LogP contribution in [-0.4, -0.2) is 171 Å². The van der Waals surface area contributed by atoms with Crippen LogP contribution in [0.5, 0.6) is 11.5 Å². The minimum absolute atomic E-state index is 0. The summed E-state index contributed by atoms with van der Waals surface area (Å²) < 4.78 is 102. The first-order chi connectivity index (χ1) is 49.0.